The molecule has 18 heavy (non-hydrogen) atoms. The molecule has 0 saturated carbocycles. The Hall–Kier alpha value is -1.11. The quantitative estimate of drug-likeness (QED) is 0.770. The molecule has 1 saturated heterocycles. The van der Waals surface area contributed by atoms with E-state index in [9.17, 15) is 5.11 Å². The number of nitrogens with two attached hydrogens (primary N) is 1. The summed E-state index contributed by atoms with van der Waals surface area (Å²) in [6, 6.07) is 0. The van der Waals surface area contributed by atoms with Gasteiger partial charge in [-0.25, -0.2) is 0 Å². The summed E-state index contributed by atoms with van der Waals surface area (Å²) in [7, 11) is 2.01. The lowest BCUT2D eigenvalue weighted by Crippen LogP contribution is -2.46. The predicted octanol–water partition coefficient (Wildman–Crippen LogP) is -0.0614. The zero-order chi connectivity index (χ0) is 13.0. The number of hydrogen-bond donors (Lipinski definition) is 2. The Kier molecular flexibility index (Phi) is 4.21. The lowest BCUT2D eigenvalue weighted by molar-refractivity contribution is -0.0771. The van der Waals surface area contributed by atoms with Gasteiger partial charge in [-0.2, -0.15) is 5.10 Å². The summed E-state index contributed by atoms with van der Waals surface area (Å²) in [5.74, 6) is 0. The van der Waals surface area contributed by atoms with Crippen molar-refractivity contribution in [1.29, 1.82) is 0 Å². The molecule has 1 aromatic heterocycles. The minimum absolute atomic E-state index is 0.601. The highest BCUT2D eigenvalue weighted by molar-refractivity contribution is 5.30. The van der Waals surface area contributed by atoms with Gasteiger partial charge in [0.1, 0.15) is 0 Å². The van der Waals surface area contributed by atoms with Gasteiger partial charge >= 0.3 is 0 Å². The molecular formula is C12H22N4O2. The molecule has 0 aromatic carbocycles. The molecule has 0 spiro atoms. The number of anilines is 1. The van der Waals surface area contributed by atoms with Crippen LogP contribution in [0.25, 0.3) is 0 Å². The van der Waals surface area contributed by atoms with E-state index in [-0.39, 0.29) is 0 Å². The van der Waals surface area contributed by atoms with Gasteiger partial charge < -0.3 is 20.5 Å². The number of rotatable bonds is 5. The van der Waals surface area contributed by atoms with Crippen LogP contribution < -0.4 is 5.73 Å². The molecule has 6 nitrogen and oxygen atoms in total. The van der Waals surface area contributed by atoms with Gasteiger partial charge in [-0.05, 0) is 7.05 Å². The Morgan fingerprint density at radius 2 is 2.28 bits per heavy atom. The fourth-order valence-corrected chi connectivity index (χ4v) is 2.27. The van der Waals surface area contributed by atoms with E-state index in [0.29, 0.717) is 38.3 Å². The van der Waals surface area contributed by atoms with Gasteiger partial charge in [-0.1, -0.05) is 0 Å². The average Bonchev–Trinajstić information content (AvgIpc) is 2.73. The highest BCUT2D eigenvalue weighted by Gasteiger charge is 2.30. The molecule has 6 heteroatoms. The first-order chi connectivity index (χ1) is 8.57. The molecule has 3 N–H and O–H groups in total. The van der Waals surface area contributed by atoms with Crippen LogP contribution >= 0.6 is 0 Å². The Labute approximate surface area is 107 Å². The topological polar surface area (TPSA) is 76.5 Å². The van der Waals surface area contributed by atoms with Crippen LogP contribution in [0.15, 0.2) is 12.4 Å². The largest absolute Gasteiger partial charge is 0.396 e. The second-order valence-corrected chi connectivity index (χ2v) is 5.11. The van der Waals surface area contributed by atoms with E-state index < -0.39 is 5.60 Å². The van der Waals surface area contributed by atoms with E-state index in [1.165, 1.54) is 0 Å². The number of nitrogen functional groups attached to an aromatic ring is 1. The van der Waals surface area contributed by atoms with Gasteiger partial charge in [0.15, 0.2) is 0 Å². The summed E-state index contributed by atoms with van der Waals surface area (Å²) in [6.45, 7) is 3.59. The highest BCUT2D eigenvalue weighted by Crippen LogP contribution is 2.21. The maximum absolute atomic E-state index is 10.4. The zero-order valence-corrected chi connectivity index (χ0v) is 10.9. The second-order valence-electron chi connectivity index (χ2n) is 5.11. The van der Waals surface area contributed by atoms with Gasteiger partial charge in [0.25, 0.3) is 0 Å². The first-order valence-electron chi connectivity index (χ1n) is 6.34. The van der Waals surface area contributed by atoms with E-state index in [4.69, 9.17) is 10.5 Å². The van der Waals surface area contributed by atoms with Crippen LogP contribution in [0.5, 0.6) is 0 Å². The lowest BCUT2D eigenvalue weighted by atomic mass is 9.94. The van der Waals surface area contributed by atoms with E-state index >= 15 is 0 Å². The summed E-state index contributed by atoms with van der Waals surface area (Å²) < 4.78 is 7.09. The molecule has 0 bridgehead atoms. The molecule has 1 aliphatic rings. The van der Waals surface area contributed by atoms with Gasteiger partial charge in [0.05, 0.1) is 24.0 Å². The lowest BCUT2D eigenvalue weighted by Gasteiger charge is -2.35. The monoisotopic (exact) mass is 254 g/mol. The van der Waals surface area contributed by atoms with Crippen LogP contribution in [0.1, 0.15) is 12.8 Å². The number of nitrogens with zero attached hydrogens (tertiary/aromatic N) is 3. The first-order valence-corrected chi connectivity index (χ1v) is 6.34. The van der Waals surface area contributed by atoms with E-state index in [2.05, 4.69) is 10.00 Å². The molecular weight excluding hydrogens is 232 g/mol. The second kappa shape index (κ2) is 5.69. The van der Waals surface area contributed by atoms with Crippen molar-refractivity contribution < 1.29 is 9.84 Å². The summed E-state index contributed by atoms with van der Waals surface area (Å²) >= 11 is 0. The standard InChI is InChI=1S/C12H22N4O2/c1-15(4-5-16-9-11(13)8-14-16)10-12(17)2-6-18-7-3-12/h8-9,17H,2-7,10,13H2,1H3. The number of hydrogen-bond acceptors (Lipinski definition) is 5. The number of aliphatic hydroxyl groups is 1. The van der Waals surface area contributed by atoms with Gasteiger partial charge in [0, 0.05) is 45.3 Å². The van der Waals surface area contributed by atoms with E-state index in [1.807, 2.05) is 17.9 Å². The van der Waals surface area contributed by atoms with Crippen molar-refractivity contribution in [2.75, 3.05) is 39.1 Å². The highest BCUT2D eigenvalue weighted by atomic mass is 16.5. The average molecular weight is 254 g/mol. The molecule has 102 valence electrons. The SMILES string of the molecule is CN(CCn1cc(N)cn1)CC1(O)CCOCC1. The maximum Gasteiger partial charge on any atom is 0.0817 e. The molecule has 0 radical (unpaired) electrons. The van der Waals surface area contributed by atoms with Crippen molar-refractivity contribution in [3.63, 3.8) is 0 Å². The Balaban J connectivity index is 1.76. The predicted molar refractivity (Wildman–Crippen MR) is 69.1 cm³/mol. The summed E-state index contributed by atoms with van der Waals surface area (Å²) in [6.07, 6.45) is 4.89. The van der Waals surface area contributed by atoms with Crippen LogP contribution in [0.2, 0.25) is 0 Å². The third kappa shape index (κ3) is 3.69. The number of ether oxygens (including phenoxy) is 1. The molecule has 1 aliphatic heterocycles. The molecule has 0 atom stereocenters. The summed E-state index contributed by atoms with van der Waals surface area (Å²) in [4.78, 5) is 2.13. The molecule has 0 unspecified atom stereocenters. The van der Waals surface area contributed by atoms with Crippen molar-refractivity contribution in [2.24, 2.45) is 0 Å². The molecule has 2 rings (SSSR count). The summed E-state index contributed by atoms with van der Waals surface area (Å²) in [5, 5.41) is 14.5. The minimum Gasteiger partial charge on any atom is -0.396 e. The minimum atomic E-state index is -0.601. The molecule has 0 aliphatic carbocycles. The third-order valence-electron chi connectivity index (χ3n) is 3.35. The van der Waals surface area contributed by atoms with Crippen molar-refractivity contribution in [3.05, 3.63) is 12.4 Å². The smallest absolute Gasteiger partial charge is 0.0817 e. The van der Waals surface area contributed by atoms with Crippen LogP contribution in [-0.2, 0) is 11.3 Å². The molecule has 0 amide bonds. The number of likely N-dealkylation sites (N-methyl/N-ethyl adjacent to an activating group) is 1. The molecule has 2 heterocycles. The van der Waals surface area contributed by atoms with Gasteiger partial charge in [-0.3, -0.25) is 4.68 Å². The van der Waals surface area contributed by atoms with Crippen molar-refractivity contribution >= 4 is 5.69 Å². The fraction of sp³-hybridized carbons (Fsp3) is 0.750. The molecule has 1 aromatic rings. The van der Waals surface area contributed by atoms with Crippen LogP contribution in [0.4, 0.5) is 5.69 Å². The molecule has 1 fully saturated rings. The van der Waals surface area contributed by atoms with E-state index in [1.54, 1.807) is 6.20 Å². The maximum atomic E-state index is 10.4. The van der Waals surface area contributed by atoms with Crippen LogP contribution in [-0.4, -0.2) is 58.7 Å². The third-order valence-corrected chi connectivity index (χ3v) is 3.35. The van der Waals surface area contributed by atoms with Crippen LogP contribution in [0.3, 0.4) is 0 Å². The Bertz CT molecular complexity index is 374. The van der Waals surface area contributed by atoms with Crippen LogP contribution in [0, 0.1) is 0 Å². The van der Waals surface area contributed by atoms with Crippen molar-refractivity contribution in [3.8, 4) is 0 Å². The normalized spacial score (nSPS) is 19.3. The number of aromatic nitrogens is 2. The van der Waals surface area contributed by atoms with Gasteiger partial charge in [-0.15, -0.1) is 0 Å². The van der Waals surface area contributed by atoms with Crippen molar-refractivity contribution in [1.82, 2.24) is 14.7 Å². The zero-order valence-electron chi connectivity index (χ0n) is 10.9. The fourth-order valence-electron chi connectivity index (χ4n) is 2.27. The van der Waals surface area contributed by atoms with Crippen molar-refractivity contribution in [2.45, 2.75) is 25.0 Å². The summed E-state index contributed by atoms with van der Waals surface area (Å²) in [5.41, 5.74) is 5.68. The first kappa shape index (κ1) is 13.3. The van der Waals surface area contributed by atoms with Gasteiger partial charge in [0.2, 0.25) is 0 Å². The van der Waals surface area contributed by atoms with E-state index in [0.717, 1.165) is 13.1 Å². The Morgan fingerprint density at radius 1 is 1.56 bits per heavy atom. The Morgan fingerprint density at radius 3 is 2.89 bits per heavy atom.